The Labute approximate surface area is 105 Å². The van der Waals surface area contributed by atoms with E-state index in [2.05, 4.69) is 15.3 Å². The van der Waals surface area contributed by atoms with Crippen molar-refractivity contribution < 1.29 is 9.90 Å². The monoisotopic (exact) mass is 243 g/mol. The number of aryl methyl sites for hydroxylation is 2. The van der Waals surface area contributed by atoms with Gasteiger partial charge in [-0.25, -0.2) is 9.78 Å². The van der Waals surface area contributed by atoms with Crippen LogP contribution in [0.4, 0.5) is 11.5 Å². The molecule has 1 aromatic carbocycles. The molecule has 1 aromatic heterocycles. The summed E-state index contributed by atoms with van der Waals surface area (Å²) in [6.45, 7) is 4.05. The van der Waals surface area contributed by atoms with E-state index in [1.807, 2.05) is 32.0 Å². The molecule has 0 atom stereocenters. The lowest BCUT2D eigenvalue weighted by molar-refractivity contribution is 0.0690. The largest absolute Gasteiger partial charge is 0.476 e. The molecule has 0 amide bonds. The maximum atomic E-state index is 10.8. The number of nitrogens with zero attached hydrogens (tertiary/aromatic N) is 2. The Morgan fingerprint density at radius 2 is 2.00 bits per heavy atom. The lowest BCUT2D eigenvalue weighted by Gasteiger charge is -2.08. The van der Waals surface area contributed by atoms with Gasteiger partial charge in [0.1, 0.15) is 5.82 Å². The second-order valence-corrected chi connectivity index (χ2v) is 4.02. The van der Waals surface area contributed by atoms with Crippen molar-refractivity contribution in [2.45, 2.75) is 13.8 Å². The van der Waals surface area contributed by atoms with Crippen molar-refractivity contribution in [1.29, 1.82) is 0 Å². The number of aromatic carboxylic acids is 1. The van der Waals surface area contributed by atoms with Gasteiger partial charge in [-0.2, -0.15) is 0 Å². The molecule has 0 radical (unpaired) electrons. The Bertz CT molecular complexity index is 597. The Kier molecular flexibility index (Phi) is 3.23. The average Bonchev–Trinajstić information content (AvgIpc) is 2.34. The Balaban J connectivity index is 2.25. The van der Waals surface area contributed by atoms with Crippen molar-refractivity contribution >= 4 is 17.5 Å². The highest BCUT2D eigenvalue weighted by Crippen LogP contribution is 2.17. The van der Waals surface area contributed by atoms with Gasteiger partial charge in [-0.1, -0.05) is 6.07 Å². The third kappa shape index (κ3) is 2.63. The van der Waals surface area contributed by atoms with Crippen LogP contribution in [0.25, 0.3) is 0 Å². The predicted molar refractivity (Wildman–Crippen MR) is 68.2 cm³/mol. The van der Waals surface area contributed by atoms with E-state index < -0.39 is 5.97 Å². The number of hydrogen-bond donors (Lipinski definition) is 2. The van der Waals surface area contributed by atoms with Crippen LogP contribution in [-0.4, -0.2) is 21.0 Å². The molecule has 0 aliphatic carbocycles. The third-order valence-electron chi connectivity index (χ3n) is 2.63. The summed E-state index contributed by atoms with van der Waals surface area (Å²) in [5.41, 5.74) is 3.13. The number of carbonyl (C=O) groups is 1. The van der Waals surface area contributed by atoms with E-state index in [0.29, 0.717) is 5.82 Å². The topological polar surface area (TPSA) is 75.1 Å². The van der Waals surface area contributed by atoms with Crippen LogP contribution in [0.1, 0.15) is 21.6 Å². The number of rotatable bonds is 3. The molecule has 0 unspecified atom stereocenters. The summed E-state index contributed by atoms with van der Waals surface area (Å²) in [6, 6.07) is 5.88. The average molecular weight is 243 g/mol. The molecule has 92 valence electrons. The van der Waals surface area contributed by atoms with Crippen molar-refractivity contribution in [3.8, 4) is 0 Å². The molecule has 0 spiro atoms. The number of nitrogens with one attached hydrogen (secondary N) is 1. The second kappa shape index (κ2) is 4.83. The minimum Gasteiger partial charge on any atom is -0.476 e. The highest BCUT2D eigenvalue weighted by atomic mass is 16.4. The number of benzene rings is 1. The molecule has 2 N–H and O–H groups in total. The van der Waals surface area contributed by atoms with Crippen molar-refractivity contribution in [2.75, 3.05) is 5.32 Å². The minimum absolute atomic E-state index is 0.0798. The summed E-state index contributed by atoms with van der Waals surface area (Å²) < 4.78 is 0. The zero-order valence-corrected chi connectivity index (χ0v) is 10.1. The molecule has 2 rings (SSSR count). The Hall–Kier alpha value is -2.43. The smallest absolute Gasteiger partial charge is 0.356 e. The van der Waals surface area contributed by atoms with E-state index in [9.17, 15) is 4.79 Å². The fourth-order valence-corrected chi connectivity index (χ4v) is 1.50. The molecular formula is C13H13N3O2. The highest BCUT2D eigenvalue weighted by molar-refractivity contribution is 5.85. The molecule has 0 aliphatic heterocycles. The van der Waals surface area contributed by atoms with Crippen molar-refractivity contribution in [3.05, 3.63) is 47.4 Å². The first-order valence-corrected chi connectivity index (χ1v) is 5.46. The van der Waals surface area contributed by atoms with E-state index >= 15 is 0 Å². The SMILES string of the molecule is Cc1ccc(Nc2cncc(C(=O)O)n2)cc1C. The van der Waals surface area contributed by atoms with Gasteiger partial charge >= 0.3 is 5.97 Å². The first-order chi connectivity index (χ1) is 8.56. The minimum atomic E-state index is -1.09. The zero-order chi connectivity index (χ0) is 13.1. The van der Waals surface area contributed by atoms with Gasteiger partial charge in [0.05, 0.1) is 12.4 Å². The van der Waals surface area contributed by atoms with Crippen LogP contribution >= 0.6 is 0 Å². The van der Waals surface area contributed by atoms with Gasteiger partial charge in [-0.3, -0.25) is 4.98 Å². The van der Waals surface area contributed by atoms with Gasteiger partial charge in [-0.05, 0) is 37.1 Å². The summed E-state index contributed by atoms with van der Waals surface area (Å²) >= 11 is 0. The highest BCUT2D eigenvalue weighted by Gasteiger charge is 2.06. The molecule has 0 saturated heterocycles. The van der Waals surface area contributed by atoms with Crippen LogP contribution < -0.4 is 5.32 Å². The van der Waals surface area contributed by atoms with Crippen molar-refractivity contribution in [3.63, 3.8) is 0 Å². The van der Waals surface area contributed by atoms with Gasteiger partial charge in [0.25, 0.3) is 0 Å². The van der Waals surface area contributed by atoms with Gasteiger partial charge in [0.15, 0.2) is 5.69 Å². The maximum Gasteiger partial charge on any atom is 0.356 e. The Morgan fingerprint density at radius 3 is 2.67 bits per heavy atom. The van der Waals surface area contributed by atoms with Crippen LogP contribution in [0.15, 0.2) is 30.6 Å². The fraction of sp³-hybridized carbons (Fsp3) is 0.154. The van der Waals surface area contributed by atoms with Gasteiger partial charge in [-0.15, -0.1) is 0 Å². The van der Waals surface area contributed by atoms with E-state index in [4.69, 9.17) is 5.11 Å². The second-order valence-electron chi connectivity index (χ2n) is 4.02. The first-order valence-electron chi connectivity index (χ1n) is 5.46. The lowest BCUT2D eigenvalue weighted by Crippen LogP contribution is -2.04. The molecule has 0 fully saturated rings. The first kappa shape index (κ1) is 12.0. The third-order valence-corrected chi connectivity index (χ3v) is 2.63. The number of carboxylic acids is 1. The quantitative estimate of drug-likeness (QED) is 0.866. The number of hydrogen-bond acceptors (Lipinski definition) is 4. The van der Waals surface area contributed by atoms with Gasteiger partial charge < -0.3 is 10.4 Å². The number of aromatic nitrogens is 2. The van der Waals surface area contributed by atoms with Crippen LogP contribution in [0, 0.1) is 13.8 Å². The van der Waals surface area contributed by atoms with Crippen molar-refractivity contribution in [2.24, 2.45) is 0 Å². The standard InChI is InChI=1S/C13H13N3O2/c1-8-3-4-10(5-9(8)2)15-12-7-14-6-11(16-12)13(17)18/h3-7H,1-2H3,(H,15,16)(H,17,18). The Morgan fingerprint density at radius 1 is 1.22 bits per heavy atom. The van der Waals surface area contributed by atoms with E-state index in [0.717, 1.165) is 11.3 Å². The van der Waals surface area contributed by atoms with Gasteiger partial charge in [0, 0.05) is 5.69 Å². The molecule has 1 heterocycles. The fourth-order valence-electron chi connectivity index (χ4n) is 1.50. The van der Waals surface area contributed by atoms with Crippen LogP contribution in [0.3, 0.4) is 0 Å². The van der Waals surface area contributed by atoms with E-state index in [1.54, 1.807) is 0 Å². The van der Waals surface area contributed by atoms with Gasteiger partial charge in [0.2, 0.25) is 0 Å². The summed E-state index contributed by atoms with van der Waals surface area (Å²) in [4.78, 5) is 18.6. The molecule has 5 heteroatoms. The normalized spacial score (nSPS) is 10.1. The molecule has 0 saturated carbocycles. The predicted octanol–water partition coefficient (Wildman–Crippen LogP) is 2.54. The lowest BCUT2D eigenvalue weighted by atomic mass is 10.1. The summed E-state index contributed by atoms with van der Waals surface area (Å²) in [6.07, 6.45) is 2.70. The molecule has 18 heavy (non-hydrogen) atoms. The molecule has 2 aromatic rings. The summed E-state index contributed by atoms with van der Waals surface area (Å²) in [7, 11) is 0. The molecule has 5 nitrogen and oxygen atoms in total. The number of carboxylic acid groups (broad SMARTS) is 1. The molecule has 0 bridgehead atoms. The van der Waals surface area contributed by atoms with Crippen LogP contribution in [0.2, 0.25) is 0 Å². The van der Waals surface area contributed by atoms with Crippen molar-refractivity contribution in [1.82, 2.24) is 9.97 Å². The molecule has 0 aliphatic rings. The van der Waals surface area contributed by atoms with Crippen LogP contribution in [0.5, 0.6) is 0 Å². The van der Waals surface area contributed by atoms with E-state index in [-0.39, 0.29) is 5.69 Å². The number of anilines is 2. The maximum absolute atomic E-state index is 10.8. The van der Waals surface area contributed by atoms with Crippen LogP contribution in [-0.2, 0) is 0 Å². The zero-order valence-electron chi connectivity index (χ0n) is 10.1. The summed E-state index contributed by atoms with van der Waals surface area (Å²) in [5.74, 6) is -0.676. The molecular weight excluding hydrogens is 230 g/mol. The van der Waals surface area contributed by atoms with E-state index in [1.165, 1.54) is 18.0 Å². The summed E-state index contributed by atoms with van der Waals surface area (Å²) in [5, 5.41) is 11.9.